The van der Waals surface area contributed by atoms with Crippen LogP contribution in [0.1, 0.15) is 308 Å². The summed E-state index contributed by atoms with van der Waals surface area (Å²) in [5.41, 5.74) is 4.04. The van der Waals surface area contributed by atoms with Gasteiger partial charge in [0, 0.05) is 172 Å². The molecule has 9 fully saturated rings. The zero-order valence-electron chi connectivity index (χ0n) is 89.4. The summed E-state index contributed by atoms with van der Waals surface area (Å²) in [6, 6.07) is 16.9. The number of carboxylic acids is 1. The van der Waals surface area contributed by atoms with Crippen LogP contribution in [0.5, 0.6) is 57.5 Å². The van der Waals surface area contributed by atoms with Crippen LogP contribution in [-0.2, 0) is 128 Å². The van der Waals surface area contributed by atoms with E-state index in [2.05, 4.69) is 87.8 Å². The standard InChI is InChI=1S/C21H28O5.2C18H22O5.C17H20O5.C13H18O4.C12H17O2.C9H10O4.C9H12O/c1-4-5-8-25-19(24)11-13-9-17(23)20-15-12-14(22)6-7-16(15)21(2,3)26-18(20)10-13;1-18(2)11-8-12(18)13(19)7-10(11)17-14(20)4-9(5-15(17)21)6-16(22)23-3;1-18(2)13-5-4-11(19)9-12(13)17-14(20)6-10(7-15(17)23-18)8-16(21)22-3;1-17(2)12-4-3-10(18)8-11(12)16-13(19)5-9(7-15(20)21)6-14(16)22-17;1-7(14)16-11-6-12(17-8(2)15)10-5-9(11)13(10,3)4;1-8(13)14-12(4)6-5-9-7-10(12)11(9,2)3;1-13-9(12)4-6-2-7(10)5-8(11)3-6;1-9(2)6-3-4-8(10)7(9)5-6/h9-10,15-16,23H,4-8,11-12H2,1-3H3;4-5,10-12,20-21H,6-8H2,1-3H3;6-7,12-13,20H,4-5,8-9H2,1-3H3;5-6,11-12,19H,3-4,7-8H2,1-2H3,(H,20,21);6,9-11H,5H2,1-4H3;5,9-10H,7H2,1-4H3;2-3,5,10-11H,4H2,1H3;3-4,6-7H,5H2,1-2H3/q;;;;;+1;;/t15-,16-;10-,11?,12+;12-,13-;11-,12-;9?,10-,11?;9?,10-,12?;;6?,7-/m111101.0/s1. The van der Waals surface area contributed by atoms with Crippen LogP contribution in [0.25, 0.3) is 0 Å². The third kappa shape index (κ3) is 25.2. The Hall–Kier alpha value is -12.7. The van der Waals surface area contributed by atoms with Gasteiger partial charge < -0.3 is 88.2 Å². The molecule has 0 aromatic heterocycles. The van der Waals surface area contributed by atoms with Crippen molar-refractivity contribution in [3.8, 4) is 57.5 Å². The second-order valence-corrected chi connectivity index (χ2v) is 46.3. The second-order valence-electron chi connectivity index (χ2n) is 46.3. The molecule has 3 aliphatic heterocycles. The molecular formula is C117H149O31+. The highest BCUT2D eigenvalue weighted by atomic mass is 16.6. The van der Waals surface area contributed by atoms with Crippen molar-refractivity contribution in [1.29, 1.82) is 0 Å². The number of hydrogen-bond donors (Lipinski definition) is 8. The minimum Gasteiger partial charge on any atom is -0.508 e. The first-order chi connectivity index (χ1) is 69.1. The van der Waals surface area contributed by atoms with Gasteiger partial charge in [-0.05, 0) is 227 Å². The van der Waals surface area contributed by atoms with Gasteiger partial charge in [-0.3, -0.25) is 62.3 Å². The molecule has 0 spiro atoms. The van der Waals surface area contributed by atoms with E-state index in [4.69, 9.17) is 48.5 Å². The molecule has 0 radical (unpaired) electrons. The number of allylic oxidation sites excluding steroid dienone is 4. The number of ketones is 5. The van der Waals surface area contributed by atoms with E-state index in [1.54, 1.807) is 36.4 Å². The van der Waals surface area contributed by atoms with Crippen molar-refractivity contribution >= 4 is 76.7 Å². The lowest BCUT2D eigenvalue weighted by Crippen LogP contribution is -2.59. The molecule has 0 saturated heterocycles. The number of carboxylic acid groups (broad SMARTS) is 1. The Morgan fingerprint density at radius 2 is 0.818 bits per heavy atom. The molecular weight excluding hydrogens is 1900 g/mol. The van der Waals surface area contributed by atoms with Gasteiger partial charge in [-0.1, -0.05) is 74.8 Å². The van der Waals surface area contributed by atoms with Crippen LogP contribution < -0.4 is 14.2 Å². The first-order valence-corrected chi connectivity index (χ1v) is 51.5. The highest BCUT2D eigenvalue weighted by Crippen LogP contribution is 2.67. The van der Waals surface area contributed by atoms with Crippen molar-refractivity contribution < 1.29 is 151 Å². The number of aromatic hydroxyl groups is 7. The maximum atomic E-state index is 12.3. The minimum atomic E-state index is -0.958. The summed E-state index contributed by atoms with van der Waals surface area (Å²) >= 11 is 0. The molecule has 0 amide bonds. The number of phenols is 7. The molecule has 9 saturated carbocycles. The van der Waals surface area contributed by atoms with Crippen molar-refractivity contribution in [1.82, 2.24) is 0 Å². The number of unbranched alkanes of at least 4 members (excludes halogenated alkanes) is 1. The molecule has 5 aromatic rings. The molecule has 15 aliphatic carbocycles. The van der Waals surface area contributed by atoms with Gasteiger partial charge in [0.25, 0.3) is 6.08 Å². The molecule has 23 rings (SSSR count). The van der Waals surface area contributed by atoms with E-state index in [1.807, 2.05) is 61.5 Å². The molecule has 6 unspecified atom stereocenters. The maximum Gasteiger partial charge on any atom is 0.325 e. The summed E-state index contributed by atoms with van der Waals surface area (Å²) in [4.78, 5) is 149. The number of rotatable bonds is 17. The molecule has 3 heterocycles. The van der Waals surface area contributed by atoms with E-state index in [0.717, 1.165) is 57.8 Å². The predicted octanol–water partition coefficient (Wildman–Crippen LogP) is 18.8. The Morgan fingerprint density at radius 3 is 1.17 bits per heavy atom. The Labute approximate surface area is 866 Å². The number of Topliss-reactive ketones (excluding diaryl/α,β-unsaturated/α-hetero) is 4. The molecule has 8 bridgehead atoms. The highest BCUT2D eigenvalue weighted by molar-refractivity contribution is 5.95. The van der Waals surface area contributed by atoms with E-state index in [9.17, 15) is 87.9 Å². The highest BCUT2D eigenvalue weighted by Gasteiger charge is 2.67. The Bertz CT molecular complexity index is 5980. The molecule has 5 aromatic carbocycles. The molecule has 31 nitrogen and oxygen atoms in total. The summed E-state index contributed by atoms with van der Waals surface area (Å²) in [6.45, 7) is 38.0. The summed E-state index contributed by atoms with van der Waals surface area (Å²) in [5.74, 6) is 3.56. The van der Waals surface area contributed by atoms with Crippen molar-refractivity contribution in [2.24, 2.45) is 86.8 Å². The number of hydrogen-bond acceptors (Lipinski definition) is 30. The molecule has 18 aliphatic rings. The van der Waals surface area contributed by atoms with Crippen molar-refractivity contribution in [2.75, 3.05) is 27.9 Å². The fourth-order valence-electron chi connectivity index (χ4n) is 25.5. The molecule has 148 heavy (non-hydrogen) atoms. The molecule has 31 heteroatoms. The first-order valence-electron chi connectivity index (χ1n) is 51.5. The molecule has 802 valence electrons. The number of ether oxygens (including phenoxy) is 10. The first kappa shape index (κ1) is 114. The van der Waals surface area contributed by atoms with E-state index in [1.165, 1.54) is 78.5 Å². The van der Waals surface area contributed by atoms with Gasteiger partial charge in [0.1, 0.15) is 109 Å². The van der Waals surface area contributed by atoms with E-state index >= 15 is 0 Å². The summed E-state index contributed by atoms with van der Waals surface area (Å²) in [7, 11) is 3.91. The van der Waals surface area contributed by atoms with Crippen LogP contribution in [0, 0.1) is 92.8 Å². The second kappa shape index (κ2) is 45.0. The zero-order valence-corrected chi connectivity index (χ0v) is 89.4. The van der Waals surface area contributed by atoms with Crippen LogP contribution in [0.2, 0.25) is 0 Å². The number of esters is 7. The van der Waals surface area contributed by atoms with Crippen LogP contribution >= 0.6 is 0 Å². The lowest BCUT2D eigenvalue weighted by molar-refractivity contribution is -0.180. The quantitative estimate of drug-likeness (QED) is 0.0185. The number of fused-ring (bicyclic) bond motifs is 14. The number of aliphatic carboxylic acids is 1. The predicted molar refractivity (Wildman–Crippen MR) is 543 cm³/mol. The van der Waals surface area contributed by atoms with Gasteiger partial charge >= 0.3 is 53.4 Å². The van der Waals surface area contributed by atoms with Gasteiger partial charge in [0.2, 0.25) is 0 Å². The van der Waals surface area contributed by atoms with Gasteiger partial charge in [0.05, 0.1) is 66.0 Å². The average molecular weight is 2050 g/mol. The summed E-state index contributed by atoms with van der Waals surface area (Å²) in [5, 5.41) is 79.3. The van der Waals surface area contributed by atoms with Gasteiger partial charge in [-0.15, -0.1) is 0 Å². The number of phenolic OH excluding ortho intramolecular Hbond substituents is 7. The van der Waals surface area contributed by atoms with Crippen LogP contribution in [0.15, 0.2) is 96.8 Å². The monoisotopic (exact) mass is 2050 g/mol. The lowest BCUT2D eigenvalue weighted by atomic mass is 9.44. The minimum absolute atomic E-state index is 0.0154. The van der Waals surface area contributed by atoms with Crippen molar-refractivity contribution in [3.05, 3.63) is 153 Å². The van der Waals surface area contributed by atoms with Crippen LogP contribution in [0.3, 0.4) is 0 Å². The number of carbonyl (C=O) groups is 13. The van der Waals surface area contributed by atoms with Crippen molar-refractivity contribution in [2.45, 2.75) is 319 Å². The van der Waals surface area contributed by atoms with Crippen LogP contribution in [0.4, 0.5) is 0 Å². The Kier molecular flexibility index (Phi) is 34.7. The largest absolute Gasteiger partial charge is 0.508 e. The third-order valence-corrected chi connectivity index (χ3v) is 33.9. The normalized spacial score (nSPS) is 27.7. The third-order valence-electron chi connectivity index (χ3n) is 33.9. The fraction of sp³-hybridized carbons (Fsp3) is 0.581. The van der Waals surface area contributed by atoms with E-state index < -0.39 is 40.3 Å². The zero-order chi connectivity index (χ0) is 109. The SMILES string of the molecule is CC(=O)OC1(C)[C+]=CC2C[C@@H]1C2(C)C.CC(=O)OC1=CC(OC(C)=O)C2C[C@@H]1C2(C)C.CC1(C)C2C=CC(=O)[C@@H]1C2.CC1(C)Oc2cc(CC(=O)O)cc(O)c2[C@@H]2CC(=O)CC[C@H]21.CCCCOC(=O)Cc1cc(O)c2c(c1)OC(C)(C)[C@@H]1CCC(=O)C[C@@H]21.COC(=O)Cc1cc(O)c([C@@H]2CC(=O)[C@@H]3CC2C3(C)C)c(O)c1.COC(=O)Cc1cc(O)c2c(c1)OC(C)(C)[C@@H]1CCC(=O)C[C@@H]21.COC(=O)Cc1cc(O)cc(O)c1. The molecule has 17 atom stereocenters. The lowest BCUT2D eigenvalue weighted by Gasteiger charge is -2.59. The van der Waals surface area contributed by atoms with E-state index in [0.29, 0.717) is 160 Å². The van der Waals surface area contributed by atoms with Crippen molar-refractivity contribution in [3.63, 3.8) is 0 Å². The number of carbonyl (C=O) groups excluding carboxylic acids is 12. The average Bonchev–Trinajstić information content (AvgIpc) is 0.706. The van der Waals surface area contributed by atoms with Gasteiger partial charge in [-0.25, -0.2) is 0 Å². The number of benzene rings is 5. The van der Waals surface area contributed by atoms with Gasteiger partial charge in [-0.2, -0.15) is 0 Å². The fourth-order valence-corrected chi connectivity index (χ4v) is 25.5. The van der Waals surface area contributed by atoms with Gasteiger partial charge in [0.15, 0.2) is 11.9 Å². The number of methoxy groups -OCH3 is 3. The summed E-state index contributed by atoms with van der Waals surface area (Å²) in [6.07, 6.45) is 22.1. The van der Waals surface area contributed by atoms with E-state index in [-0.39, 0.29) is 212 Å². The Balaban J connectivity index is 0.000000152. The molecule has 8 N–H and O–H groups in total. The summed E-state index contributed by atoms with van der Waals surface area (Å²) < 4.78 is 53.2. The Morgan fingerprint density at radius 1 is 0.419 bits per heavy atom. The van der Waals surface area contributed by atoms with Crippen LogP contribution in [-0.4, -0.2) is 174 Å². The smallest absolute Gasteiger partial charge is 0.325 e. The maximum absolute atomic E-state index is 12.3. The topological polar surface area (TPSA) is 476 Å².